The summed E-state index contributed by atoms with van der Waals surface area (Å²) in [6, 6.07) is 12.2. The topological polar surface area (TPSA) is 63.3 Å². The highest BCUT2D eigenvalue weighted by Gasteiger charge is 2.26. The van der Waals surface area contributed by atoms with Crippen LogP contribution in [0.4, 0.5) is 0 Å². The van der Waals surface area contributed by atoms with E-state index in [1.165, 1.54) is 24.8 Å². The van der Waals surface area contributed by atoms with E-state index in [4.69, 9.17) is 4.42 Å². The van der Waals surface area contributed by atoms with E-state index < -0.39 is 0 Å². The second-order valence-corrected chi connectivity index (χ2v) is 7.94. The van der Waals surface area contributed by atoms with Crippen LogP contribution in [0.5, 0.6) is 0 Å². The molecule has 1 unspecified atom stereocenters. The fourth-order valence-electron chi connectivity index (χ4n) is 4.22. The quantitative estimate of drug-likeness (QED) is 0.636. The molecule has 1 atom stereocenters. The third-order valence-corrected chi connectivity index (χ3v) is 5.89. The van der Waals surface area contributed by atoms with Gasteiger partial charge in [-0.1, -0.05) is 31.0 Å². The first-order valence-corrected chi connectivity index (χ1v) is 10.9. The Morgan fingerprint density at radius 2 is 1.93 bits per heavy atom. The number of rotatable bonds is 7. The van der Waals surface area contributed by atoms with Crippen molar-refractivity contribution >= 4 is 5.91 Å². The lowest BCUT2D eigenvalue weighted by molar-refractivity contribution is 0.0913. The van der Waals surface area contributed by atoms with Gasteiger partial charge in [0.25, 0.3) is 5.91 Å². The maximum absolute atomic E-state index is 13.1. The molecular formula is C24H30N4O2. The van der Waals surface area contributed by atoms with Crippen LogP contribution in [0, 0.1) is 6.92 Å². The molecule has 4 rings (SSSR count). The Morgan fingerprint density at radius 3 is 2.60 bits per heavy atom. The first-order valence-electron chi connectivity index (χ1n) is 10.9. The normalized spacial score (nSPS) is 15.8. The van der Waals surface area contributed by atoms with Crippen molar-refractivity contribution in [3.63, 3.8) is 0 Å². The Hall–Kier alpha value is -2.86. The zero-order valence-corrected chi connectivity index (χ0v) is 17.8. The van der Waals surface area contributed by atoms with Crippen LogP contribution in [0.2, 0.25) is 0 Å². The minimum absolute atomic E-state index is 0.0569. The number of amides is 1. The zero-order chi connectivity index (χ0) is 20.9. The smallest absolute Gasteiger partial charge is 0.254 e. The third-order valence-electron chi connectivity index (χ3n) is 5.89. The Labute approximate surface area is 177 Å². The van der Waals surface area contributed by atoms with Crippen molar-refractivity contribution in [2.75, 3.05) is 19.6 Å². The number of furan rings is 1. The summed E-state index contributed by atoms with van der Waals surface area (Å²) in [5.74, 6) is 0.821. The molecule has 3 heterocycles. The standard InChI is InChI=1S/C24H30N4O2/c1-3-21-20(16-26-28(21)19-11-9-18(2)10-12-19)24(29)25-17-22(23-8-7-15-30-23)27-13-5-4-6-14-27/h7-12,15-16,22H,3-6,13-14,17H2,1-2H3,(H,25,29). The van der Waals surface area contributed by atoms with Crippen LogP contribution >= 0.6 is 0 Å². The van der Waals surface area contributed by atoms with Gasteiger partial charge in [0.2, 0.25) is 0 Å². The zero-order valence-electron chi connectivity index (χ0n) is 17.8. The maximum atomic E-state index is 13.1. The summed E-state index contributed by atoms with van der Waals surface area (Å²) in [7, 11) is 0. The lowest BCUT2D eigenvalue weighted by atomic mass is 10.1. The molecular weight excluding hydrogens is 376 g/mol. The molecule has 0 bridgehead atoms. The number of piperidine rings is 1. The molecule has 1 fully saturated rings. The van der Waals surface area contributed by atoms with Crippen LogP contribution in [0.1, 0.15) is 59.6 Å². The van der Waals surface area contributed by atoms with Gasteiger partial charge in [-0.05, 0) is 63.5 Å². The molecule has 1 N–H and O–H groups in total. The number of aromatic nitrogens is 2. The second kappa shape index (κ2) is 9.30. The molecule has 6 nitrogen and oxygen atoms in total. The monoisotopic (exact) mass is 406 g/mol. The molecule has 2 aromatic heterocycles. The average molecular weight is 407 g/mol. The summed E-state index contributed by atoms with van der Waals surface area (Å²) in [6.07, 6.45) is 7.75. The summed E-state index contributed by atoms with van der Waals surface area (Å²) in [5, 5.41) is 7.64. The number of likely N-dealkylation sites (tertiary alicyclic amines) is 1. The van der Waals surface area contributed by atoms with Gasteiger partial charge in [0.05, 0.1) is 35.4 Å². The number of benzene rings is 1. The van der Waals surface area contributed by atoms with Crippen LogP contribution in [0.3, 0.4) is 0 Å². The fraction of sp³-hybridized carbons (Fsp3) is 0.417. The Bertz CT molecular complexity index is 954. The number of aryl methyl sites for hydroxylation is 1. The summed E-state index contributed by atoms with van der Waals surface area (Å²) in [4.78, 5) is 15.5. The van der Waals surface area contributed by atoms with E-state index in [-0.39, 0.29) is 11.9 Å². The van der Waals surface area contributed by atoms with E-state index in [2.05, 4.69) is 41.3 Å². The van der Waals surface area contributed by atoms with E-state index in [9.17, 15) is 4.79 Å². The molecule has 0 radical (unpaired) electrons. The van der Waals surface area contributed by atoms with Crippen molar-refractivity contribution in [3.05, 3.63) is 71.4 Å². The van der Waals surface area contributed by atoms with E-state index >= 15 is 0 Å². The molecule has 6 heteroatoms. The Morgan fingerprint density at radius 1 is 1.17 bits per heavy atom. The fourth-order valence-corrected chi connectivity index (χ4v) is 4.22. The van der Waals surface area contributed by atoms with Gasteiger partial charge in [0.1, 0.15) is 5.76 Å². The van der Waals surface area contributed by atoms with Gasteiger partial charge in [0, 0.05) is 6.54 Å². The molecule has 3 aromatic rings. The molecule has 0 saturated carbocycles. The van der Waals surface area contributed by atoms with Crippen molar-refractivity contribution < 1.29 is 9.21 Å². The van der Waals surface area contributed by atoms with Crippen molar-refractivity contribution in [3.8, 4) is 5.69 Å². The van der Waals surface area contributed by atoms with Gasteiger partial charge in [-0.15, -0.1) is 0 Å². The third kappa shape index (κ3) is 4.33. The number of nitrogens with one attached hydrogen (secondary N) is 1. The van der Waals surface area contributed by atoms with Crippen molar-refractivity contribution in [2.24, 2.45) is 0 Å². The van der Waals surface area contributed by atoms with Gasteiger partial charge >= 0.3 is 0 Å². The lowest BCUT2D eigenvalue weighted by Crippen LogP contribution is -2.40. The molecule has 1 aromatic carbocycles. The van der Waals surface area contributed by atoms with Gasteiger partial charge in [0.15, 0.2) is 0 Å². The highest BCUT2D eigenvalue weighted by molar-refractivity contribution is 5.95. The van der Waals surface area contributed by atoms with Gasteiger partial charge in [-0.25, -0.2) is 4.68 Å². The predicted molar refractivity (Wildman–Crippen MR) is 117 cm³/mol. The SMILES string of the molecule is CCc1c(C(=O)NCC(c2ccco2)N2CCCCC2)cnn1-c1ccc(C)cc1. The summed E-state index contributed by atoms with van der Waals surface area (Å²) >= 11 is 0. The molecule has 30 heavy (non-hydrogen) atoms. The molecule has 1 saturated heterocycles. The van der Waals surface area contributed by atoms with Crippen molar-refractivity contribution in [1.29, 1.82) is 0 Å². The van der Waals surface area contributed by atoms with Gasteiger partial charge in [-0.2, -0.15) is 5.10 Å². The average Bonchev–Trinajstić information content (AvgIpc) is 3.45. The molecule has 1 aliphatic heterocycles. The minimum Gasteiger partial charge on any atom is -0.468 e. The number of carbonyl (C=O) groups is 1. The lowest BCUT2D eigenvalue weighted by Gasteiger charge is -2.33. The van der Waals surface area contributed by atoms with Crippen LogP contribution in [0.25, 0.3) is 5.69 Å². The van der Waals surface area contributed by atoms with E-state index in [0.29, 0.717) is 12.1 Å². The highest BCUT2D eigenvalue weighted by Crippen LogP contribution is 2.25. The van der Waals surface area contributed by atoms with E-state index in [1.54, 1.807) is 12.5 Å². The number of hydrogen-bond donors (Lipinski definition) is 1. The van der Waals surface area contributed by atoms with Gasteiger partial charge < -0.3 is 9.73 Å². The van der Waals surface area contributed by atoms with E-state index in [1.807, 2.05) is 28.9 Å². The van der Waals surface area contributed by atoms with Gasteiger partial charge in [-0.3, -0.25) is 9.69 Å². The first kappa shape index (κ1) is 20.4. The number of carbonyl (C=O) groups excluding carboxylic acids is 1. The molecule has 158 valence electrons. The van der Waals surface area contributed by atoms with Crippen LogP contribution < -0.4 is 5.32 Å². The number of nitrogens with zero attached hydrogens (tertiary/aromatic N) is 3. The summed E-state index contributed by atoms with van der Waals surface area (Å²) in [5.41, 5.74) is 3.72. The highest BCUT2D eigenvalue weighted by atomic mass is 16.3. The van der Waals surface area contributed by atoms with Crippen LogP contribution in [-0.4, -0.2) is 40.2 Å². The van der Waals surface area contributed by atoms with E-state index in [0.717, 1.165) is 36.7 Å². The van der Waals surface area contributed by atoms with Crippen molar-refractivity contribution in [1.82, 2.24) is 20.0 Å². The largest absolute Gasteiger partial charge is 0.468 e. The minimum atomic E-state index is -0.0845. The molecule has 1 aliphatic rings. The van der Waals surface area contributed by atoms with Crippen LogP contribution in [-0.2, 0) is 6.42 Å². The molecule has 0 spiro atoms. The first-order chi connectivity index (χ1) is 14.7. The second-order valence-electron chi connectivity index (χ2n) is 7.94. The van der Waals surface area contributed by atoms with Crippen LogP contribution in [0.15, 0.2) is 53.3 Å². The molecule has 0 aliphatic carbocycles. The Balaban J connectivity index is 1.51. The maximum Gasteiger partial charge on any atom is 0.254 e. The summed E-state index contributed by atoms with van der Waals surface area (Å²) in [6.45, 7) is 6.70. The Kier molecular flexibility index (Phi) is 6.33. The number of hydrogen-bond acceptors (Lipinski definition) is 4. The predicted octanol–water partition coefficient (Wildman–Crippen LogP) is 4.29. The van der Waals surface area contributed by atoms with Crippen molar-refractivity contribution in [2.45, 2.75) is 45.6 Å². The summed E-state index contributed by atoms with van der Waals surface area (Å²) < 4.78 is 7.56. The molecule has 1 amide bonds.